The van der Waals surface area contributed by atoms with Crippen LogP contribution in [0, 0.1) is 0 Å². The number of carbonyl (C=O) groups excluding carboxylic acids is 1. The van der Waals surface area contributed by atoms with Gasteiger partial charge in [0.15, 0.2) is 0 Å². The van der Waals surface area contributed by atoms with Gasteiger partial charge < -0.3 is 20.3 Å². The van der Waals surface area contributed by atoms with E-state index in [2.05, 4.69) is 22.0 Å². The second-order valence-electron chi connectivity index (χ2n) is 8.79. The van der Waals surface area contributed by atoms with Gasteiger partial charge in [0, 0.05) is 31.2 Å². The Bertz CT molecular complexity index is 882. The summed E-state index contributed by atoms with van der Waals surface area (Å²) in [6, 6.07) is 10.1. The minimum Gasteiger partial charge on any atom is -0.444 e. The highest BCUT2D eigenvalue weighted by Gasteiger charge is 2.46. The maximum absolute atomic E-state index is 12.5. The van der Waals surface area contributed by atoms with Gasteiger partial charge in [-0.25, -0.2) is 4.79 Å². The van der Waals surface area contributed by atoms with Crippen LogP contribution in [0.15, 0.2) is 42.7 Å². The van der Waals surface area contributed by atoms with Crippen molar-refractivity contribution in [2.45, 2.75) is 44.6 Å². The average Bonchev–Trinajstić information content (AvgIpc) is 2.96. The Morgan fingerprint density at radius 2 is 1.86 bits per heavy atom. The molecule has 0 radical (unpaired) electrons. The molecular weight excluding hydrogens is 352 g/mol. The number of hydrogen-bond donors (Lipinski definition) is 1. The molecule has 1 fully saturated rings. The molecule has 4 rings (SSSR count). The topological polar surface area (TPSA) is 71.7 Å². The van der Waals surface area contributed by atoms with Crippen LogP contribution in [-0.2, 0) is 10.2 Å². The number of piperidine rings is 1. The van der Waals surface area contributed by atoms with Crippen LogP contribution >= 0.6 is 0 Å². The largest absolute Gasteiger partial charge is 0.444 e. The highest BCUT2D eigenvalue weighted by molar-refractivity contribution is 5.79. The van der Waals surface area contributed by atoms with Crippen molar-refractivity contribution >= 4 is 23.2 Å². The fourth-order valence-corrected chi connectivity index (χ4v) is 4.34. The Balaban J connectivity index is 1.58. The number of carbonyl (C=O) groups is 1. The van der Waals surface area contributed by atoms with Crippen molar-refractivity contribution in [3.05, 3.63) is 48.3 Å². The molecule has 0 bridgehead atoms. The molecule has 6 heteroatoms. The van der Waals surface area contributed by atoms with E-state index in [1.807, 2.05) is 56.3 Å². The van der Waals surface area contributed by atoms with Crippen molar-refractivity contribution in [3.63, 3.8) is 0 Å². The van der Waals surface area contributed by atoms with Gasteiger partial charge in [0.1, 0.15) is 5.60 Å². The number of ether oxygens (including phenoxy) is 1. The van der Waals surface area contributed by atoms with Crippen molar-refractivity contribution in [2.24, 2.45) is 0 Å². The molecule has 0 atom stereocenters. The summed E-state index contributed by atoms with van der Waals surface area (Å²) in [7, 11) is 0. The van der Waals surface area contributed by atoms with Gasteiger partial charge in [-0.05, 0) is 57.4 Å². The van der Waals surface area contributed by atoms with E-state index in [1.54, 1.807) is 0 Å². The lowest BCUT2D eigenvalue weighted by Crippen LogP contribution is -2.48. The van der Waals surface area contributed by atoms with Crippen LogP contribution in [0.4, 0.5) is 21.9 Å². The molecule has 28 heavy (non-hydrogen) atoms. The third kappa shape index (κ3) is 3.28. The van der Waals surface area contributed by atoms with Gasteiger partial charge in [-0.3, -0.25) is 4.98 Å². The third-order valence-corrected chi connectivity index (χ3v) is 5.72. The second kappa shape index (κ2) is 6.69. The molecule has 148 valence electrons. The van der Waals surface area contributed by atoms with Crippen molar-refractivity contribution in [1.82, 2.24) is 9.88 Å². The van der Waals surface area contributed by atoms with Crippen molar-refractivity contribution in [2.75, 3.05) is 30.3 Å². The first-order chi connectivity index (χ1) is 13.3. The molecule has 2 aliphatic rings. The maximum Gasteiger partial charge on any atom is 0.410 e. The van der Waals surface area contributed by atoms with Crippen LogP contribution in [0.3, 0.4) is 0 Å². The highest BCUT2D eigenvalue weighted by Crippen LogP contribution is 2.50. The molecule has 0 aliphatic carbocycles. The standard InChI is InChI=1S/C22H28N4O2/c1-21(2,3)28-20(27)25-12-9-22(10-13-25)15-26(18-7-5-4-6-17(18)23)19-14-24-11-8-16(19)22/h4-8,11,14H,9-10,12-13,15,23H2,1-3H3. The summed E-state index contributed by atoms with van der Waals surface area (Å²) in [6.45, 7) is 7.93. The van der Waals surface area contributed by atoms with Crippen molar-refractivity contribution in [3.8, 4) is 0 Å². The van der Waals surface area contributed by atoms with E-state index >= 15 is 0 Å². The Hall–Kier alpha value is -2.76. The molecule has 2 aromatic rings. The first-order valence-electron chi connectivity index (χ1n) is 9.84. The lowest BCUT2D eigenvalue weighted by molar-refractivity contribution is 0.0171. The number of nitrogens with two attached hydrogens (primary N) is 1. The summed E-state index contributed by atoms with van der Waals surface area (Å²) < 4.78 is 5.55. The number of nitrogen functional groups attached to an aromatic ring is 1. The number of fused-ring (bicyclic) bond motifs is 2. The molecule has 1 aromatic heterocycles. The minimum atomic E-state index is -0.473. The molecule has 1 aromatic carbocycles. The van der Waals surface area contributed by atoms with E-state index in [0.717, 1.165) is 36.4 Å². The van der Waals surface area contributed by atoms with E-state index in [0.29, 0.717) is 13.1 Å². The molecule has 0 unspecified atom stereocenters. The van der Waals surface area contributed by atoms with Crippen LogP contribution in [-0.4, -0.2) is 41.2 Å². The molecule has 1 spiro atoms. The molecule has 1 saturated heterocycles. The Morgan fingerprint density at radius 3 is 2.54 bits per heavy atom. The number of aromatic nitrogens is 1. The van der Waals surface area contributed by atoms with Gasteiger partial charge >= 0.3 is 6.09 Å². The number of amides is 1. The van der Waals surface area contributed by atoms with Crippen LogP contribution in [0.2, 0.25) is 0 Å². The third-order valence-electron chi connectivity index (χ3n) is 5.72. The van der Waals surface area contributed by atoms with E-state index in [4.69, 9.17) is 10.5 Å². The number of hydrogen-bond acceptors (Lipinski definition) is 5. The minimum absolute atomic E-state index is 0.000925. The lowest BCUT2D eigenvalue weighted by Gasteiger charge is -2.40. The summed E-state index contributed by atoms with van der Waals surface area (Å²) in [5, 5.41) is 0. The monoisotopic (exact) mass is 380 g/mol. The molecular formula is C22H28N4O2. The first kappa shape index (κ1) is 18.6. The molecule has 0 saturated carbocycles. The quantitative estimate of drug-likeness (QED) is 0.755. The number of benzene rings is 1. The smallest absolute Gasteiger partial charge is 0.410 e. The Morgan fingerprint density at radius 1 is 1.14 bits per heavy atom. The number of likely N-dealkylation sites (tertiary alicyclic amines) is 1. The number of para-hydroxylation sites is 2. The zero-order valence-electron chi connectivity index (χ0n) is 16.8. The predicted molar refractivity (Wildman–Crippen MR) is 111 cm³/mol. The van der Waals surface area contributed by atoms with Crippen LogP contribution < -0.4 is 10.6 Å². The van der Waals surface area contributed by atoms with Gasteiger partial charge in [0.25, 0.3) is 0 Å². The van der Waals surface area contributed by atoms with Crippen LogP contribution in [0.25, 0.3) is 0 Å². The Labute approximate surface area is 166 Å². The highest BCUT2D eigenvalue weighted by atomic mass is 16.6. The summed E-state index contributed by atoms with van der Waals surface area (Å²) in [5.74, 6) is 0. The molecule has 2 N–H and O–H groups in total. The van der Waals surface area contributed by atoms with E-state index in [1.165, 1.54) is 5.56 Å². The van der Waals surface area contributed by atoms with Gasteiger partial charge in [0.05, 0.1) is 23.3 Å². The number of nitrogens with zero attached hydrogens (tertiary/aromatic N) is 3. The van der Waals surface area contributed by atoms with Gasteiger partial charge in [-0.2, -0.15) is 0 Å². The fourth-order valence-electron chi connectivity index (χ4n) is 4.34. The fraction of sp³-hybridized carbons (Fsp3) is 0.455. The molecule has 3 heterocycles. The number of anilines is 3. The van der Waals surface area contributed by atoms with Crippen LogP contribution in [0.5, 0.6) is 0 Å². The number of rotatable bonds is 1. The lowest BCUT2D eigenvalue weighted by atomic mass is 9.74. The van der Waals surface area contributed by atoms with Crippen molar-refractivity contribution < 1.29 is 9.53 Å². The number of pyridine rings is 1. The first-order valence-corrected chi connectivity index (χ1v) is 9.84. The summed E-state index contributed by atoms with van der Waals surface area (Å²) in [4.78, 5) is 20.9. The zero-order chi connectivity index (χ0) is 19.9. The average molecular weight is 380 g/mol. The second-order valence-corrected chi connectivity index (χ2v) is 8.79. The Kier molecular flexibility index (Phi) is 4.44. The molecule has 1 amide bonds. The SMILES string of the molecule is CC(C)(C)OC(=O)N1CCC2(CC1)CN(c1ccccc1N)c1cnccc12. The van der Waals surface area contributed by atoms with E-state index < -0.39 is 5.60 Å². The van der Waals surface area contributed by atoms with E-state index in [-0.39, 0.29) is 11.5 Å². The maximum atomic E-state index is 12.5. The van der Waals surface area contributed by atoms with Gasteiger partial charge in [-0.15, -0.1) is 0 Å². The van der Waals surface area contributed by atoms with Crippen LogP contribution in [0.1, 0.15) is 39.2 Å². The molecule has 2 aliphatic heterocycles. The van der Waals surface area contributed by atoms with Gasteiger partial charge in [0.2, 0.25) is 0 Å². The van der Waals surface area contributed by atoms with Crippen molar-refractivity contribution in [1.29, 1.82) is 0 Å². The molecule has 6 nitrogen and oxygen atoms in total. The van der Waals surface area contributed by atoms with E-state index in [9.17, 15) is 4.79 Å². The zero-order valence-corrected chi connectivity index (χ0v) is 16.8. The summed E-state index contributed by atoms with van der Waals surface area (Å²) in [5.41, 5.74) is 9.99. The predicted octanol–water partition coefficient (Wildman–Crippen LogP) is 4.08. The van der Waals surface area contributed by atoms with Gasteiger partial charge in [-0.1, -0.05) is 12.1 Å². The normalized spacial score (nSPS) is 18.2. The summed E-state index contributed by atoms with van der Waals surface area (Å²) >= 11 is 0. The summed E-state index contributed by atoms with van der Waals surface area (Å²) in [6.07, 6.45) is 5.36.